The van der Waals surface area contributed by atoms with Gasteiger partial charge in [0, 0.05) is 13.1 Å². The summed E-state index contributed by atoms with van der Waals surface area (Å²) in [5.41, 5.74) is 2.48. The second-order valence-electron chi connectivity index (χ2n) is 8.07. The van der Waals surface area contributed by atoms with Gasteiger partial charge in [-0.25, -0.2) is 13.4 Å². The molecule has 1 aliphatic heterocycles. The van der Waals surface area contributed by atoms with Gasteiger partial charge in [-0.05, 0) is 56.4 Å². The molecule has 0 N–H and O–H groups in total. The van der Waals surface area contributed by atoms with Gasteiger partial charge in [0.25, 0.3) is 5.91 Å². The summed E-state index contributed by atoms with van der Waals surface area (Å²) in [6, 6.07) is 10.4. The Hall–Kier alpha value is -2.21. The lowest BCUT2D eigenvalue weighted by Crippen LogP contribution is -2.38. The number of carbonyl (C=O) groups is 1. The zero-order valence-corrected chi connectivity index (χ0v) is 18.3. The van der Waals surface area contributed by atoms with Gasteiger partial charge in [0.05, 0.1) is 16.3 Å². The number of rotatable bonds is 6. The van der Waals surface area contributed by atoms with Crippen molar-refractivity contribution in [2.45, 2.75) is 57.1 Å². The molecule has 0 bridgehead atoms. The summed E-state index contributed by atoms with van der Waals surface area (Å²) in [5.74, 6) is 0.383. The highest BCUT2D eigenvalue weighted by Crippen LogP contribution is 2.23. The first-order valence-electron chi connectivity index (χ1n) is 10.4. The van der Waals surface area contributed by atoms with Crippen LogP contribution in [0.4, 0.5) is 0 Å². The average molecular weight is 415 g/mol. The van der Waals surface area contributed by atoms with E-state index in [9.17, 15) is 13.2 Å². The Morgan fingerprint density at radius 2 is 1.86 bits per heavy atom. The molecular weight excluding hydrogens is 384 g/mol. The lowest BCUT2D eigenvalue weighted by molar-refractivity contribution is 0.0680. The maximum absolute atomic E-state index is 12.9. The molecule has 1 aromatic carbocycles. The number of carbonyl (C=O) groups excluding carboxylic acids is 1. The highest BCUT2D eigenvalue weighted by molar-refractivity contribution is 7.90. The first-order chi connectivity index (χ1) is 13.8. The minimum atomic E-state index is -3.53. The van der Waals surface area contributed by atoms with Crippen LogP contribution in [-0.4, -0.2) is 37.3 Å². The van der Waals surface area contributed by atoms with Crippen molar-refractivity contribution >= 4 is 15.7 Å². The predicted molar refractivity (Wildman–Crippen MR) is 115 cm³/mol. The molecule has 0 spiro atoms. The van der Waals surface area contributed by atoms with Crippen LogP contribution in [0, 0.1) is 19.8 Å². The van der Waals surface area contributed by atoms with Crippen molar-refractivity contribution in [3.8, 4) is 0 Å². The molecule has 1 fully saturated rings. The Kier molecular flexibility index (Phi) is 6.73. The molecule has 2 heterocycles. The van der Waals surface area contributed by atoms with Crippen molar-refractivity contribution in [2.75, 3.05) is 13.1 Å². The van der Waals surface area contributed by atoms with Gasteiger partial charge >= 0.3 is 0 Å². The lowest BCUT2D eigenvalue weighted by Gasteiger charge is -2.31. The highest BCUT2D eigenvalue weighted by atomic mass is 32.2. The Morgan fingerprint density at radius 3 is 2.52 bits per heavy atom. The van der Waals surface area contributed by atoms with Crippen molar-refractivity contribution in [1.82, 2.24) is 9.88 Å². The molecule has 5 nitrogen and oxygen atoms in total. The number of hydrogen-bond donors (Lipinski definition) is 0. The Bertz CT molecular complexity index is 977. The van der Waals surface area contributed by atoms with Gasteiger partial charge in [0.1, 0.15) is 5.69 Å². The predicted octanol–water partition coefficient (Wildman–Crippen LogP) is 4.32. The van der Waals surface area contributed by atoms with Crippen LogP contribution < -0.4 is 0 Å². The number of sulfone groups is 1. The first-order valence-corrected chi connectivity index (χ1v) is 12.0. The topological polar surface area (TPSA) is 67.3 Å². The van der Waals surface area contributed by atoms with Gasteiger partial charge < -0.3 is 4.90 Å². The summed E-state index contributed by atoms with van der Waals surface area (Å²) in [5, 5.41) is 0. The monoisotopic (exact) mass is 414 g/mol. The average Bonchev–Trinajstić information content (AvgIpc) is 2.68. The number of hydrogen-bond acceptors (Lipinski definition) is 4. The van der Waals surface area contributed by atoms with E-state index in [0.29, 0.717) is 22.2 Å². The number of aryl methyl sites for hydroxylation is 2. The molecule has 0 unspecified atom stereocenters. The first kappa shape index (κ1) is 21.5. The van der Waals surface area contributed by atoms with E-state index in [1.807, 2.05) is 17.9 Å². The van der Waals surface area contributed by atoms with Crippen LogP contribution in [-0.2, 0) is 15.6 Å². The standard InChI is InChI=1S/C23H30N2O3S/c1-4-6-19-11-13-25(14-12-19)23(26)21-8-5-7-20(24-21)16-29(27,28)22-10-9-17(2)15-18(22)3/h5,7-10,15,19H,4,6,11-14,16H2,1-3H3. The zero-order valence-electron chi connectivity index (χ0n) is 17.5. The van der Waals surface area contributed by atoms with Gasteiger partial charge in [-0.15, -0.1) is 0 Å². The molecule has 1 saturated heterocycles. The van der Waals surface area contributed by atoms with Gasteiger partial charge in [0.15, 0.2) is 9.84 Å². The van der Waals surface area contributed by atoms with Crippen molar-refractivity contribution in [3.63, 3.8) is 0 Å². The smallest absolute Gasteiger partial charge is 0.272 e. The van der Waals surface area contributed by atoms with Crippen LogP contribution >= 0.6 is 0 Å². The van der Waals surface area contributed by atoms with Gasteiger partial charge in [-0.3, -0.25) is 4.79 Å². The van der Waals surface area contributed by atoms with E-state index in [-0.39, 0.29) is 11.7 Å². The van der Waals surface area contributed by atoms with Crippen LogP contribution in [0.2, 0.25) is 0 Å². The van der Waals surface area contributed by atoms with E-state index in [1.54, 1.807) is 37.3 Å². The summed E-state index contributed by atoms with van der Waals surface area (Å²) >= 11 is 0. The van der Waals surface area contributed by atoms with E-state index in [4.69, 9.17) is 0 Å². The lowest BCUT2D eigenvalue weighted by atomic mass is 9.92. The fourth-order valence-corrected chi connectivity index (χ4v) is 5.63. The maximum atomic E-state index is 12.9. The fraction of sp³-hybridized carbons (Fsp3) is 0.478. The highest BCUT2D eigenvalue weighted by Gasteiger charge is 2.25. The Balaban J connectivity index is 1.73. The SMILES string of the molecule is CCCC1CCN(C(=O)c2cccc(CS(=O)(=O)c3ccc(C)cc3C)n2)CC1. The molecule has 1 aromatic heterocycles. The molecule has 2 aromatic rings. The van der Waals surface area contributed by atoms with Gasteiger partial charge in [-0.2, -0.15) is 0 Å². The van der Waals surface area contributed by atoms with E-state index in [1.165, 1.54) is 12.8 Å². The third kappa shape index (κ3) is 5.24. The minimum absolute atomic E-state index is 0.106. The fourth-order valence-electron chi connectivity index (χ4n) is 4.09. The van der Waals surface area contributed by atoms with Crippen LogP contribution in [0.3, 0.4) is 0 Å². The van der Waals surface area contributed by atoms with E-state index < -0.39 is 9.84 Å². The molecular formula is C23H30N2O3S. The molecule has 3 rings (SSSR count). The summed E-state index contributed by atoms with van der Waals surface area (Å²) in [6.07, 6.45) is 4.45. The number of nitrogens with zero attached hydrogens (tertiary/aromatic N) is 2. The van der Waals surface area contributed by atoms with Crippen LogP contribution in [0.25, 0.3) is 0 Å². The normalized spacial score (nSPS) is 15.5. The van der Waals surface area contributed by atoms with Crippen molar-refractivity contribution in [1.29, 1.82) is 0 Å². The summed E-state index contributed by atoms with van der Waals surface area (Å²) < 4.78 is 25.8. The molecule has 0 aliphatic carbocycles. The molecule has 1 aliphatic rings. The zero-order chi connectivity index (χ0) is 21.0. The number of benzene rings is 1. The summed E-state index contributed by atoms with van der Waals surface area (Å²) in [7, 11) is -3.53. The number of aromatic nitrogens is 1. The van der Waals surface area contributed by atoms with E-state index in [0.717, 1.165) is 37.1 Å². The Morgan fingerprint density at radius 1 is 1.14 bits per heavy atom. The quantitative estimate of drug-likeness (QED) is 0.706. The third-order valence-corrected chi connectivity index (χ3v) is 7.43. The third-order valence-electron chi connectivity index (χ3n) is 5.63. The summed E-state index contributed by atoms with van der Waals surface area (Å²) in [6.45, 7) is 7.42. The van der Waals surface area contributed by atoms with Crippen LogP contribution in [0.1, 0.15) is 59.9 Å². The second kappa shape index (κ2) is 9.08. The van der Waals surface area contributed by atoms with Crippen molar-refractivity contribution in [3.05, 3.63) is 58.9 Å². The minimum Gasteiger partial charge on any atom is -0.337 e. The molecule has 1 amide bonds. The summed E-state index contributed by atoms with van der Waals surface area (Å²) in [4.78, 5) is 19.4. The van der Waals surface area contributed by atoms with Crippen molar-refractivity contribution < 1.29 is 13.2 Å². The molecule has 0 atom stereocenters. The molecule has 156 valence electrons. The maximum Gasteiger partial charge on any atom is 0.272 e. The number of amides is 1. The molecule has 6 heteroatoms. The van der Waals surface area contributed by atoms with Gasteiger partial charge in [-0.1, -0.05) is 43.5 Å². The number of pyridine rings is 1. The van der Waals surface area contributed by atoms with Crippen LogP contribution in [0.5, 0.6) is 0 Å². The molecule has 0 radical (unpaired) electrons. The van der Waals surface area contributed by atoms with Gasteiger partial charge in [0.2, 0.25) is 0 Å². The second-order valence-corrected chi connectivity index (χ2v) is 10.0. The number of piperidine rings is 1. The largest absolute Gasteiger partial charge is 0.337 e. The molecule has 29 heavy (non-hydrogen) atoms. The van der Waals surface area contributed by atoms with Crippen molar-refractivity contribution in [2.24, 2.45) is 5.92 Å². The molecule has 0 saturated carbocycles. The van der Waals surface area contributed by atoms with E-state index >= 15 is 0 Å². The van der Waals surface area contributed by atoms with E-state index in [2.05, 4.69) is 11.9 Å². The number of likely N-dealkylation sites (tertiary alicyclic amines) is 1. The Labute approximate surface area is 174 Å². The van der Waals surface area contributed by atoms with Crippen LogP contribution in [0.15, 0.2) is 41.3 Å².